The maximum atomic E-state index is 5.35. The molecule has 0 amide bonds. The highest BCUT2D eigenvalue weighted by molar-refractivity contribution is 9.10. The molecule has 0 aromatic heterocycles. The van der Waals surface area contributed by atoms with E-state index in [4.69, 9.17) is 9.47 Å². The van der Waals surface area contributed by atoms with Crippen LogP contribution in [0.5, 0.6) is 5.75 Å². The van der Waals surface area contributed by atoms with Gasteiger partial charge in [-0.05, 0) is 37.6 Å². The quantitative estimate of drug-likeness (QED) is 0.876. The Morgan fingerprint density at radius 1 is 1.29 bits per heavy atom. The lowest BCUT2D eigenvalue weighted by Crippen LogP contribution is -2.36. The molecule has 0 radical (unpaired) electrons. The third-order valence-electron chi connectivity index (χ3n) is 2.67. The van der Waals surface area contributed by atoms with Crippen molar-refractivity contribution in [1.82, 2.24) is 5.32 Å². The molecule has 96 valence electrons. The Kier molecular flexibility index (Phi) is 5.43. The third-order valence-corrected chi connectivity index (χ3v) is 3.45. The lowest BCUT2D eigenvalue weighted by Gasteiger charge is -2.23. The molecule has 3 nitrogen and oxygen atoms in total. The zero-order valence-electron chi connectivity index (χ0n) is 10.8. The molecule has 0 aliphatic heterocycles. The normalized spacial score (nSPS) is 11.6. The minimum absolute atomic E-state index is 0.147. The molecular formula is C13H20BrNO2. The highest BCUT2D eigenvalue weighted by Crippen LogP contribution is 2.22. The Bertz CT molecular complexity index is 366. The first kappa shape index (κ1) is 14.5. The molecule has 0 fully saturated rings. The molecule has 0 atom stereocenters. The van der Waals surface area contributed by atoms with E-state index in [2.05, 4.69) is 35.1 Å². The van der Waals surface area contributed by atoms with Gasteiger partial charge in [-0.3, -0.25) is 0 Å². The van der Waals surface area contributed by atoms with E-state index < -0.39 is 0 Å². The molecule has 0 unspecified atom stereocenters. The van der Waals surface area contributed by atoms with Crippen molar-refractivity contribution in [2.45, 2.75) is 26.0 Å². The third kappa shape index (κ3) is 4.66. The highest BCUT2D eigenvalue weighted by atomic mass is 79.9. The summed E-state index contributed by atoms with van der Waals surface area (Å²) in [6, 6.07) is 5.96. The predicted octanol–water partition coefficient (Wildman–Crippen LogP) is 2.97. The van der Waals surface area contributed by atoms with E-state index in [1.807, 2.05) is 18.2 Å². The lowest BCUT2D eigenvalue weighted by atomic mass is 10.1. The standard InChI is InChI=1S/C13H20BrNO2/c1-13(2,17-4)9-15-8-10-7-11(16-3)5-6-12(10)14/h5-7,15H,8-9H2,1-4H3. The van der Waals surface area contributed by atoms with Crippen molar-refractivity contribution in [3.8, 4) is 5.75 Å². The fourth-order valence-electron chi connectivity index (χ4n) is 1.38. The summed E-state index contributed by atoms with van der Waals surface area (Å²) in [5.74, 6) is 0.871. The number of nitrogens with one attached hydrogen (secondary N) is 1. The largest absolute Gasteiger partial charge is 0.497 e. The molecule has 17 heavy (non-hydrogen) atoms. The summed E-state index contributed by atoms with van der Waals surface area (Å²) in [7, 11) is 3.40. The Hall–Kier alpha value is -0.580. The Balaban J connectivity index is 2.57. The second-order valence-electron chi connectivity index (χ2n) is 4.52. The summed E-state index contributed by atoms with van der Waals surface area (Å²) in [6.45, 7) is 5.69. The van der Waals surface area contributed by atoms with Crippen LogP contribution < -0.4 is 10.1 Å². The van der Waals surface area contributed by atoms with Crippen LogP contribution in [0.4, 0.5) is 0 Å². The van der Waals surface area contributed by atoms with E-state index in [0.717, 1.165) is 23.3 Å². The molecule has 0 spiro atoms. The summed E-state index contributed by atoms with van der Waals surface area (Å²) < 4.78 is 11.6. The van der Waals surface area contributed by atoms with Gasteiger partial charge < -0.3 is 14.8 Å². The van der Waals surface area contributed by atoms with E-state index in [1.54, 1.807) is 14.2 Å². The van der Waals surface area contributed by atoms with Crippen molar-refractivity contribution >= 4 is 15.9 Å². The molecule has 4 heteroatoms. The Morgan fingerprint density at radius 3 is 2.59 bits per heavy atom. The maximum absolute atomic E-state index is 5.35. The molecule has 0 saturated heterocycles. The number of methoxy groups -OCH3 is 2. The summed E-state index contributed by atoms with van der Waals surface area (Å²) >= 11 is 3.53. The first-order valence-corrected chi connectivity index (χ1v) is 6.36. The zero-order chi connectivity index (χ0) is 12.9. The van der Waals surface area contributed by atoms with Crippen molar-refractivity contribution < 1.29 is 9.47 Å². The molecule has 1 aromatic carbocycles. The van der Waals surface area contributed by atoms with Crippen LogP contribution in [-0.4, -0.2) is 26.4 Å². The van der Waals surface area contributed by atoms with Gasteiger partial charge in [0.25, 0.3) is 0 Å². The summed E-state index contributed by atoms with van der Waals surface area (Å²) in [5.41, 5.74) is 1.03. The van der Waals surface area contributed by atoms with Crippen LogP contribution in [0.2, 0.25) is 0 Å². The second-order valence-corrected chi connectivity index (χ2v) is 5.38. The summed E-state index contributed by atoms with van der Waals surface area (Å²) in [5, 5.41) is 3.37. The number of rotatable bonds is 6. The van der Waals surface area contributed by atoms with Crippen LogP contribution in [0, 0.1) is 0 Å². The minimum atomic E-state index is -0.147. The van der Waals surface area contributed by atoms with E-state index >= 15 is 0 Å². The maximum Gasteiger partial charge on any atom is 0.119 e. The molecule has 1 N–H and O–H groups in total. The monoisotopic (exact) mass is 301 g/mol. The van der Waals surface area contributed by atoms with Gasteiger partial charge in [0.05, 0.1) is 12.7 Å². The van der Waals surface area contributed by atoms with Gasteiger partial charge in [-0.2, -0.15) is 0 Å². The lowest BCUT2D eigenvalue weighted by molar-refractivity contribution is 0.0230. The van der Waals surface area contributed by atoms with Crippen LogP contribution >= 0.6 is 15.9 Å². The number of benzene rings is 1. The molecule has 1 rings (SSSR count). The SMILES string of the molecule is COc1ccc(Br)c(CNCC(C)(C)OC)c1. The first-order valence-electron chi connectivity index (χ1n) is 5.57. The van der Waals surface area contributed by atoms with Crippen LogP contribution in [-0.2, 0) is 11.3 Å². The van der Waals surface area contributed by atoms with E-state index in [0.29, 0.717) is 0 Å². The van der Waals surface area contributed by atoms with Gasteiger partial charge >= 0.3 is 0 Å². The molecule has 1 aromatic rings. The van der Waals surface area contributed by atoms with Gasteiger partial charge in [-0.1, -0.05) is 15.9 Å². The molecule has 0 bridgehead atoms. The van der Waals surface area contributed by atoms with Crippen molar-refractivity contribution in [1.29, 1.82) is 0 Å². The highest BCUT2D eigenvalue weighted by Gasteiger charge is 2.15. The number of halogens is 1. The fraction of sp³-hybridized carbons (Fsp3) is 0.538. The minimum Gasteiger partial charge on any atom is -0.497 e. The predicted molar refractivity (Wildman–Crippen MR) is 73.5 cm³/mol. The van der Waals surface area contributed by atoms with Crippen LogP contribution in [0.15, 0.2) is 22.7 Å². The second kappa shape index (κ2) is 6.38. The average molecular weight is 302 g/mol. The van der Waals surface area contributed by atoms with Gasteiger partial charge in [0.1, 0.15) is 5.75 Å². The van der Waals surface area contributed by atoms with Crippen molar-refractivity contribution in [2.24, 2.45) is 0 Å². The van der Waals surface area contributed by atoms with Gasteiger partial charge in [0.15, 0.2) is 0 Å². The molecule has 0 aliphatic rings. The molecule has 0 heterocycles. The summed E-state index contributed by atoms with van der Waals surface area (Å²) in [6.07, 6.45) is 0. The Labute approximate surface area is 112 Å². The van der Waals surface area contributed by atoms with E-state index in [-0.39, 0.29) is 5.60 Å². The van der Waals surface area contributed by atoms with E-state index in [9.17, 15) is 0 Å². The average Bonchev–Trinajstić information content (AvgIpc) is 2.31. The molecule has 0 aliphatic carbocycles. The zero-order valence-corrected chi connectivity index (χ0v) is 12.4. The van der Waals surface area contributed by atoms with Crippen molar-refractivity contribution in [3.05, 3.63) is 28.2 Å². The fourth-order valence-corrected chi connectivity index (χ4v) is 1.77. The molecular weight excluding hydrogens is 282 g/mol. The van der Waals surface area contributed by atoms with Crippen LogP contribution in [0.25, 0.3) is 0 Å². The van der Waals surface area contributed by atoms with Crippen molar-refractivity contribution in [2.75, 3.05) is 20.8 Å². The van der Waals surface area contributed by atoms with Crippen LogP contribution in [0.3, 0.4) is 0 Å². The number of hydrogen-bond donors (Lipinski definition) is 1. The van der Waals surface area contributed by atoms with Gasteiger partial charge in [-0.15, -0.1) is 0 Å². The molecule has 0 saturated carbocycles. The Morgan fingerprint density at radius 2 is 2.00 bits per heavy atom. The van der Waals surface area contributed by atoms with E-state index in [1.165, 1.54) is 5.56 Å². The number of hydrogen-bond acceptors (Lipinski definition) is 3. The van der Waals surface area contributed by atoms with Gasteiger partial charge in [-0.25, -0.2) is 0 Å². The first-order chi connectivity index (χ1) is 7.98. The topological polar surface area (TPSA) is 30.5 Å². The van der Waals surface area contributed by atoms with Gasteiger partial charge in [0.2, 0.25) is 0 Å². The van der Waals surface area contributed by atoms with Gasteiger partial charge in [0, 0.05) is 24.7 Å². The van der Waals surface area contributed by atoms with Crippen molar-refractivity contribution in [3.63, 3.8) is 0 Å². The summed E-state index contributed by atoms with van der Waals surface area (Å²) in [4.78, 5) is 0. The number of ether oxygens (including phenoxy) is 2. The smallest absolute Gasteiger partial charge is 0.119 e. The van der Waals surface area contributed by atoms with Crippen LogP contribution in [0.1, 0.15) is 19.4 Å².